The molecule has 4 N–H and O–H groups in total. The van der Waals surface area contributed by atoms with E-state index in [0.717, 1.165) is 11.1 Å². The molecule has 3 heterocycles. The molecule has 2 aliphatic heterocycles. The maximum Gasteiger partial charge on any atom is 0.407 e. The van der Waals surface area contributed by atoms with Crippen molar-refractivity contribution >= 4 is 42.8 Å². The Morgan fingerprint density at radius 2 is 1.84 bits per heavy atom. The van der Waals surface area contributed by atoms with Crippen LogP contribution in [0.15, 0.2) is 77.7 Å². The number of nitrogen functional groups attached to an aromatic ring is 1. The minimum absolute atomic E-state index is 0.0477. The van der Waals surface area contributed by atoms with Gasteiger partial charge in [0.25, 0.3) is 0 Å². The van der Waals surface area contributed by atoms with Crippen molar-refractivity contribution in [3.05, 3.63) is 83.9 Å². The average Bonchev–Trinajstić information content (AvgIpc) is 3.80. The number of hydrogen-bond acceptors (Lipinski definition) is 11. The highest BCUT2D eigenvalue weighted by atomic mass is 32.2. The molecule has 12 nitrogen and oxygen atoms in total. The summed E-state index contributed by atoms with van der Waals surface area (Å²) in [7, 11) is -4.05. The molecular weight excluding hydrogens is 669 g/mol. The molecule has 0 aliphatic carbocycles. The third-order valence-electron chi connectivity index (χ3n) is 8.65. The second-order valence-corrected chi connectivity index (χ2v) is 15.9. The van der Waals surface area contributed by atoms with Gasteiger partial charge in [-0.1, -0.05) is 67.6 Å². The normalized spacial score (nSPS) is 20.4. The smallest absolute Gasteiger partial charge is 0.407 e. The van der Waals surface area contributed by atoms with Crippen LogP contribution in [0.1, 0.15) is 25.0 Å². The Morgan fingerprint density at radius 1 is 1.06 bits per heavy atom. The Labute approximate surface area is 290 Å². The van der Waals surface area contributed by atoms with Crippen molar-refractivity contribution in [2.24, 2.45) is 11.8 Å². The molecule has 6 rings (SSSR count). The maximum atomic E-state index is 14.0. The van der Waals surface area contributed by atoms with Crippen LogP contribution in [0.5, 0.6) is 5.75 Å². The Bertz CT molecular complexity index is 1820. The lowest BCUT2D eigenvalue weighted by atomic mass is 10.0. The number of hydrogen-bond donors (Lipinski definition) is 3. The van der Waals surface area contributed by atoms with Crippen LogP contribution in [0, 0.1) is 11.8 Å². The van der Waals surface area contributed by atoms with E-state index in [1.54, 1.807) is 12.1 Å². The molecule has 2 fully saturated rings. The number of amides is 1. The number of fused-ring (bicyclic) bond motifs is 2. The third-order valence-corrected chi connectivity index (χ3v) is 11.3. The number of aliphatic hydroxyl groups is 1. The second kappa shape index (κ2) is 15.4. The summed E-state index contributed by atoms with van der Waals surface area (Å²) in [4.78, 5) is 17.6. The third kappa shape index (κ3) is 8.69. The summed E-state index contributed by atoms with van der Waals surface area (Å²) < 4.78 is 52.8. The van der Waals surface area contributed by atoms with Gasteiger partial charge in [0.2, 0.25) is 10.0 Å². The monoisotopic (exact) mass is 710 g/mol. The zero-order chi connectivity index (χ0) is 34.5. The standard InChI is InChI=1S/C35H42N4O8S2/c1-22(2)16-39(49(42,43)26-12-13-28-33(15-26)48-34(36)37-28)17-30(40)29(38-35(41)47-32-21-46-31-20-44-19-27(31)32)14-23-8-10-25(11-9-23)45-18-24-6-4-3-5-7-24/h3-13,15,22,27,29-32,40H,14,16-21H2,1-2H3,(H2,36,37)(H,38,41)/t27-,29+,30-,31+,32+/m1/s1. The summed E-state index contributed by atoms with van der Waals surface area (Å²) in [5.74, 6) is 0.560. The maximum absolute atomic E-state index is 14.0. The van der Waals surface area contributed by atoms with Gasteiger partial charge >= 0.3 is 6.09 Å². The van der Waals surface area contributed by atoms with Crippen LogP contribution in [-0.2, 0) is 37.3 Å². The number of alkyl carbamates (subject to hydrolysis) is 1. The van der Waals surface area contributed by atoms with Crippen LogP contribution in [0.25, 0.3) is 10.2 Å². The molecular formula is C35H42N4O8S2. The van der Waals surface area contributed by atoms with Crippen LogP contribution in [0.3, 0.4) is 0 Å². The molecule has 49 heavy (non-hydrogen) atoms. The van der Waals surface area contributed by atoms with Gasteiger partial charge in [0.1, 0.15) is 18.5 Å². The Kier molecular flexibility index (Phi) is 11.0. The van der Waals surface area contributed by atoms with E-state index >= 15 is 0 Å². The van der Waals surface area contributed by atoms with Gasteiger partial charge in [-0.25, -0.2) is 18.2 Å². The number of sulfonamides is 1. The van der Waals surface area contributed by atoms with Gasteiger partial charge in [0, 0.05) is 13.1 Å². The molecule has 262 valence electrons. The molecule has 5 atom stereocenters. The van der Waals surface area contributed by atoms with Crippen molar-refractivity contribution in [2.45, 2.75) is 56.1 Å². The number of benzene rings is 3. The van der Waals surface area contributed by atoms with Crippen molar-refractivity contribution < 1.29 is 37.3 Å². The molecule has 0 radical (unpaired) electrons. The molecule has 0 saturated carbocycles. The molecule has 1 aromatic heterocycles. The summed E-state index contributed by atoms with van der Waals surface area (Å²) in [6.07, 6.45) is -2.41. The lowest BCUT2D eigenvalue weighted by Gasteiger charge is -2.31. The minimum Gasteiger partial charge on any atom is -0.489 e. The molecule has 3 aromatic carbocycles. The number of ether oxygens (including phenoxy) is 4. The van der Waals surface area contributed by atoms with Gasteiger partial charge < -0.3 is 35.1 Å². The molecule has 2 aliphatic rings. The van der Waals surface area contributed by atoms with Crippen LogP contribution in [0.2, 0.25) is 0 Å². The number of thiazole rings is 1. The highest BCUT2D eigenvalue weighted by molar-refractivity contribution is 7.89. The predicted octanol–water partition coefficient (Wildman–Crippen LogP) is 4.22. The van der Waals surface area contributed by atoms with Crippen LogP contribution in [-0.4, -0.2) is 86.2 Å². The first kappa shape index (κ1) is 35.1. The number of nitrogens with zero attached hydrogens (tertiary/aromatic N) is 2. The van der Waals surface area contributed by atoms with Crippen molar-refractivity contribution in [2.75, 3.05) is 38.6 Å². The number of anilines is 1. The first-order chi connectivity index (χ1) is 23.5. The molecule has 0 bridgehead atoms. The zero-order valence-electron chi connectivity index (χ0n) is 27.4. The van der Waals surface area contributed by atoms with E-state index in [1.165, 1.54) is 21.7 Å². The van der Waals surface area contributed by atoms with E-state index in [1.807, 2.05) is 68.4 Å². The predicted molar refractivity (Wildman–Crippen MR) is 186 cm³/mol. The van der Waals surface area contributed by atoms with Crippen molar-refractivity contribution in [1.82, 2.24) is 14.6 Å². The number of aromatic nitrogens is 1. The number of carbonyl (C=O) groups excluding carboxylic acids is 1. The summed E-state index contributed by atoms with van der Waals surface area (Å²) >= 11 is 1.20. The summed E-state index contributed by atoms with van der Waals surface area (Å²) in [5.41, 5.74) is 8.30. The molecule has 14 heteroatoms. The van der Waals surface area contributed by atoms with Gasteiger partial charge in [0.05, 0.1) is 59.1 Å². The number of carbonyl (C=O) groups is 1. The van der Waals surface area contributed by atoms with Gasteiger partial charge in [-0.2, -0.15) is 4.31 Å². The fraction of sp³-hybridized carbons (Fsp3) is 0.429. The fourth-order valence-corrected chi connectivity index (χ4v) is 8.60. The van der Waals surface area contributed by atoms with E-state index in [4.69, 9.17) is 24.7 Å². The number of rotatable bonds is 14. The first-order valence-corrected chi connectivity index (χ1v) is 18.6. The van der Waals surface area contributed by atoms with Crippen LogP contribution in [0.4, 0.5) is 9.93 Å². The van der Waals surface area contributed by atoms with Crippen molar-refractivity contribution in [3.8, 4) is 5.75 Å². The highest BCUT2D eigenvalue weighted by Gasteiger charge is 2.44. The van der Waals surface area contributed by atoms with E-state index in [9.17, 15) is 18.3 Å². The molecule has 0 unspecified atom stereocenters. The SMILES string of the molecule is CC(C)CN(C[C@@H](O)[C@H](Cc1ccc(OCc2ccccc2)cc1)NC(=O)O[C@H]1CO[C@H]2COC[C@H]21)S(=O)(=O)c1ccc2nc(N)sc2c1. The number of nitrogens with two attached hydrogens (primary N) is 1. The van der Waals surface area contributed by atoms with Gasteiger partial charge in [-0.15, -0.1) is 0 Å². The average molecular weight is 711 g/mol. The second-order valence-electron chi connectivity index (χ2n) is 12.9. The molecule has 4 aromatic rings. The number of aliphatic hydroxyl groups excluding tert-OH is 1. The summed E-state index contributed by atoms with van der Waals surface area (Å²) in [6, 6.07) is 21.0. The van der Waals surface area contributed by atoms with Crippen LogP contribution >= 0.6 is 11.3 Å². The quantitative estimate of drug-likeness (QED) is 0.173. The zero-order valence-corrected chi connectivity index (χ0v) is 29.1. The Morgan fingerprint density at radius 3 is 2.59 bits per heavy atom. The van der Waals surface area contributed by atoms with E-state index in [-0.39, 0.29) is 49.0 Å². The first-order valence-electron chi connectivity index (χ1n) is 16.3. The number of nitrogens with one attached hydrogen (secondary N) is 1. The molecule has 1 amide bonds. The minimum atomic E-state index is -4.05. The van der Waals surface area contributed by atoms with Gasteiger partial charge in [-0.3, -0.25) is 0 Å². The van der Waals surface area contributed by atoms with Crippen LogP contribution < -0.4 is 15.8 Å². The Balaban J connectivity index is 1.19. The van der Waals surface area contributed by atoms with E-state index in [2.05, 4.69) is 10.3 Å². The molecule has 0 spiro atoms. The Hall–Kier alpha value is -3.79. The summed E-state index contributed by atoms with van der Waals surface area (Å²) in [6.45, 7) is 5.26. The lowest BCUT2D eigenvalue weighted by molar-refractivity contribution is 0.0271. The topological polar surface area (TPSA) is 163 Å². The van der Waals surface area contributed by atoms with Gasteiger partial charge in [-0.05, 0) is 53.8 Å². The molecule has 2 saturated heterocycles. The van der Waals surface area contributed by atoms with Gasteiger partial charge in [0.15, 0.2) is 5.13 Å². The summed E-state index contributed by atoms with van der Waals surface area (Å²) in [5, 5.41) is 14.9. The highest BCUT2D eigenvalue weighted by Crippen LogP contribution is 2.30. The van der Waals surface area contributed by atoms with Crippen molar-refractivity contribution in [3.63, 3.8) is 0 Å². The van der Waals surface area contributed by atoms with E-state index < -0.39 is 34.4 Å². The largest absolute Gasteiger partial charge is 0.489 e. The fourth-order valence-electron chi connectivity index (χ4n) is 6.10. The lowest BCUT2D eigenvalue weighted by Crippen LogP contribution is -2.51. The van der Waals surface area contributed by atoms with Crippen molar-refractivity contribution in [1.29, 1.82) is 0 Å². The van der Waals surface area contributed by atoms with E-state index in [0.29, 0.717) is 40.9 Å².